The SMILES string of the molecule is CCOc1ccc([C@H](N)C(C)CC)cc1OC.Cl. The molecule has 0 spiro atoms. The molecule has 4 heteroatoms. The van der Waals surface area contributed by atoms with Crippen LogP contribution in [-0.2, 0) is 0 Å². The molecule has 2 N–H and O–H groups in total. The Bertz CT molecular complexity index is 358. The molecular weight excluding hydrogens is 250 g/mol. The van der Waals surface area contributed by atoms with Gasteiger partial charge >= 0.3 is 0 Å². The summed E-state index contributed by atoms with van der Waals surface area (Å²) in [6.45, 7) is 6.90. The average Bonchev–Trinajstić information content (AvgIpc) is 2.37. The monoisotopic (exact) mass is 273 g/mol. The van der Waals surface area contributed by atoms with E-state index in [4.69, 9.17) is 15.2 Å². The third kappa shape index (κ3) is 4.07. The maximum atomic E-state index is 6.20. The Morgan fingerprint density at radius 3 is 2.39 bits per heavy atom. The van der Waals surface area contributed by atoms with Gasteiger partial charge in [0.25, 0.3) is 0 Å². The van der Waals surface area contributed by atoms with Crippen LogP contribution in [-0.4, -0.2) is 13.7 Å². The molecule has 1 aromatic rings. The fourth-order valence-corrected chi connectivity index (χ4v) is 1.75. The molecule has 0 aliphatic rings. The first-order valence-corrected chi connectivity index (χ1v) is 6.20. The van der Waals surface area contributed by atoms with E-state index in [1.165, 1.54) is 0 Å². The largest absolute Gasteiger partial charge is 0.493 e. The summed E-state index contributed by atoms with van der Waals surface area (Å²) in [5.41, 5.74) is 7.30. The van der Waals surface area contributed by atoms with Crippen molar-refractivity contribution in [3.8, 4) is 11.5 Å². The van der Waals surface area contributed by atoms with E-state index in [0.717, 1.165) is 23.5 Å². The molecule has 0 aliphatic heterocycles. The average molecular weight is 274 g/mol. The van der Waals surface area contributed by atoms with Gasteiger partial charge in [0.15, 0.2) is 11.5 Å². The summed E-state index contributed by atoms with van der Waals surface area (Å²) in [5.74, 6) is 1.98. The standard InChI is InChI=1S/C14H23NO2.ClH/c1-5-10(3)14(15)11-7-8-12(17-6-2)13(9-11)16-4;/h7-10,14H,5-6,15H2,1-4H3;1H/t10?,14-;/m1./s1. The van der Waals surface area contributed by atoms with Gasteiger partial charge in [0.1, 0.15) is 0 Å². The molecule has 0 aliphatic carbocycles. The third-order valence-electron chi connectivity index (χ3n) is 3.13. The quantitative estimate of drug-likeness (QED) is 0.862. The fourth-order valence-electron chi connectivity index (χ4n) is 1.75. The minimum atomic E-state index is 0. The highest BCUT2D eigenvalue weighted by molar-refractivity contribution is 5.85. The second-order valence-electron chi connectivity index (χ2n) is 4.25. The first-order chi connectivity index (χ1) is 8.13. The van der Waals surface area contributed by atoms with E-state index in [1.54, 1.807) is 7.11 Å². The predicted molar refractivity (Wildman–Crippen MR) is 77.8 cm³/mol. The minimum absolute atomic E-state index is 0. The lowest BCUT2D eigenvalue weighted by Crippen LogP contribution is -2.18. The van der Waals surface area contributed by atoms with E-state index in [0.29, 0.717) is 12.5 Å². The van der Waals surface area contributed by atoms with Gasteiger partial charge < -0.3 is 15.2 Å². The minimum Gasteiger partial charge on any atom is -0.493 e. The molecular formula is C14H24ClNO2. The zero-order valence-electron chi connectivity index (χ0n) is 11.6. The van der Waals surface area contributed by atoms with Crippen molar-refractivity contribution < 1.29 is 9.47 Å². The normalized spacial score (nSPS) is 13.4. The molecule has 1 rings (SSSR count). The summed E-state index contributed by atoms with van der Waals surface area (Å²) in [7, 11) is 1.65. The fraction of sp³-hybridized carbons (Fsp3) is 0.571. The molecule has 1 aromatic carbocycles. The molecule has 0 heterocycles. The van der Waals surface area contributed by atoms with Crippen molar-refractivity contribution in [2.75, 3.05) is 13.7 Å². The van der Waals surface area contributed by atoms with Crippen LogP contribution in [0, 0.1) is 5.92 Å². The summed E-state index contributed by atoms with van der Waals surface area (Å²) in [6, 6.07) is 5.97. The van der Waals surface area contributed by atoms with E-state index >= 15 is 0 Å². The summed E-state index contributed by atoms with van der Waals surface area (Å²) >= 11 is 0. The number of rotatable bonds is 6. The van der Waals surface area contributed by atoms with Crippen molar-refractivity contribution in [1.82, 2.24) is 0 Å². The van der Waals surface area contributed by atoms with E-state index in [9.17, 15) is 0 Å². The van der Waals surface area contributed by atoms with Crippen molar-refractivity contribution in [3.05, 3.63) is 23.8 Å². The van der Waals surface area contributed by atoms with Gasteiger partial charge in [-0.2, -0.15) is 0 Å². The lowest BCUT2D eigenvalue weighted by molar-refractivity contribution is 0.310. The molecule has 0 amide bonds. The van der Waals surface area contributed by atoms with Crippen LogP contribution >= 0.6 is 12.4 Å². The van der Waals surface area contributed by atoms with E-state index in [2.05, 4.69) is 13.8 Å². The van der Waals surface area contributed by atoms with Gasteiger partial charge in [0.05, 0.1) is 13.7 Å². The van der Waals surface area contributed by atoms with E-state index in [-0.39, 0.29) is 18.4 Å². The van der Waals surface area contributed by atoms with E-state index in [1.807, 2.05) is 25.1 Å². The lowest BCUT2D eigenvalue weighted by atomic mass is 9.93. The van der Waals surface area contributed by atoms with Crippen LogP contribution in [0.15, 0.2) is 18.2 Å². The molecule has 0 saturated heterocycles. The molecule has 0 radical (unpaired) electrons. The zero-order valence-corrected chi connectivity index (χ0v) is 12.4. The number of hydrogen-bond donors (Lipinski definition) is 1. The zero-order chi connectivity index (χ0) is 12.8. The van der Waals surface area contributed by atoms with Crippen LogP contribution in [0.5, 0.6) is 11.5 Å². The van der Waals surface area contributed by atoms with Gasteiger partial charge in [-0.05, 0) is 30.5 Å². The summed E-state index contributed by atoms with van der Waals surface area (Å²) < 4.78 is 10.8. The first-order valence-electron chi connectivity index (χ1n) is 6.20. The predicted octanol–water partition coefficient (Wildman–Crippen LogP) is 3.56. The Balaban J connectivity index is 0.00000289. The molecule has 0 aromatic heterocycles. The maximum absolute atomic E-state index is 6.20. The maximum Gasteiger partial charge on any atom is 0.161 e. The highest BCUT2D eigenvalue weighted by atomic mass is 35.5. The molecule has 18 heavy (non-hydrogen) atoms. The Morgan fingerprint density at radius 2 is 1.89 bits per heavy atom. The van der Waals surface area contributed by atoms with Crippen molar-refractivity contribution in [1.29, 1.82) is 0 Å². The number of ether oxygens (including phenoxy) is 2. The Morgan fingerprint density at radius 1 is 1.22 bits per heavy atom. The van der Waals surface area contributed by atoms with Gasteiger partial charge in [-0.3, -0.25) is 0 Å². The molecule has 0 fully saturated rings. The van der Waals surface area contributed by atoms with Crippen LogP contribution in [0.25, 0.3) is 0 Å². The lowest BCUT2D eigenvalue weighted by Gasteiger charge is -2.20. The van der Waals surface area contributed by atoms with Crippen molar-refractivity contribution in [3.63, 3.8) is 0 Å². The molecule has 1 unspecified atom stereocenters. The summed E-state index contributed by atoms with van der Waals surface area (Å²) in [6.07, 6.45) is 1.07. The number of benzene rings is 1. The highest BCUT2D eigenvalue weighted by Gasteiger charge is 2.15. The second-order valence-corrected chi connectivity index (χ2v) is 4.25. The van der Waals surface area contributed by atoms with Crippen molar-refractivity contribution >= 4 is 12.4 Å². The molecule has 0 saturated carbocycles. The summed E-state index contributed by atoms with van der Waals surface area (Å²) in [5, 5.41) is 0. The number of methoxy groups -OCH3 is 1. The second kappa shape index (κ2) is 8.22. The van der Waals surface area contributed by atoms with Crippen LogP contribution in [0.4, 0.5) is 0 Å². The Labute approximate surface area is 116 Å². The number of halogens is 1. The van der Waals surface area contributed by atoms with Crippen LogP contribution in [0.3, 0.4) is 0 Å². The smallest absolute Gasteiger partial charge is 0.161 e. The van der Waals surface area contributed by atoms with Crippen molar-refractivity contribution in [2.45, 2.75) is 33.2 Å². The number of nitrogens with two attached hydrogens (primary N) is 1. The van der Waals surface area contributed by atoms with Crippen LogP contribution < -0.4 is 15.2 Å². The molecule has 0 bridgehead atoms. The first kappa shape index (κ1) is 17.1. The Kier molecular flexibility index (Phi) is 7.80. The third-order valence-corrected chi connectivity index (χ3v) is 3.13. The van der Waals surface area contributed by atoms with E-state index < -0.39 is 0 Å². The highest BCUT2D eigenvalue weighted by Crippen LogP contribution is 2.32. The van der Waals surface area contributed by atoms with Crippen LogP contribution in [0.2, 0.25) is 0 Å². The molecule has 2 atom stereocenters. The summed E-state index contributed by atoms with van der Waals surface area (Å²) in [4.78, 5) is 0. The van der Waals surface area contributed by atoms with Crippen LogP contribution in [0.1, 0.15) is 38.8 Å². The van der Waals surface area contributed by atoms with Gasteiger partial charge in [-0.15, -0.1) is 12.4 Å². The van der Waals surface area contributed by atoms with Gasteiger partial charge in [0.2, 0.25) is 0 Å². The number of hydrogen-bond acceptors (Lipinski definition) is 3. The van der Waals surface area contributed by atoms with Gasteiger partial charge in [-0.25, -0.2) is 0 Å². The van der Waals surface area contributed by atoms with Gasteiger partial charge in [0, 0.05) is 6.04 Å². The van der Waals surface area contributed by atoms with Crippen molar-refractivity contribution in [2.24, 2.45) is 11.7 Å². The molecule has 3 nitrogen and oxygen atoms in total. The molecule has 104 valence electrons. The Hall–Kier alpha value is -0.930. The van der Waals surface area contributed by atoms with Gasteiger partial charge in [-0.1, -0.05) is 26.3 Å². The topological polar surface area (TPSA) is 44.5 Å².